The molecule has 0 saturated carbocycles. The highest BCUT2D eigenvalue weighted by atomic mass is 32.2. The number of rotatable bonds is 20. The number of guanidine groups is 1. The van der Waals surface area contributed by atoms with Gasteiger partial charge in [0.25, 0.3) is 0 Å². The molecule has 17 heteroatoms. The van der Waals surface area contributed by atoms with Crippen molar-refractivity contribution in [3.63, 3.8) is 0 Å². The molecule has 0 saturated heterocycles. The largest absolute Gasteiger partial charge is 0.480 e. The monoisotopic (exact) mass is 561 g/mol. The topological polar surface area (TPSA) is 301 Å². The quantitative estimate of drug-likeness (QED) is 0.0394. The standard InChI is InChI=1S/C21H39N9O7S/c1-38-10-8-13(19(35)30-14(20(36)37)5-7-16(24)32)29-18(34)12(4-6-15(23)31)28-17(33)11(22)3-2-9-27-21(25)26/h11-14H,2-10,22H2,1H3,(H2,23,31)(H2,24,32)(H,28,33)(H,29,34)(H,30,35)(H,36,37)(H4,25,26,27). The number of hydrogen-bond acceptors (Lipinski definition) is 9. The third-order valence-corrected chi connectivity index (χ3v) is 5.80. The molecule has 0 aliphatic rings. The smallest absolute Gasteiger partial charge is 0.326 e. The number of carbonyl (C=O) groups excluding carboxylic acids is 5. The second kappa shape index (κ2) is 18.6. The number of amides is 5. The molecule has 0 aliphatic heterocycles. The normalized spacial score (nSPS) is 13.7. The van der Waals surface area contributed by atoms with Gasteiger partial charge in [-0.1, -0.05) is 0 Å². The average molecular weight is 562 g/mol. The summed E-state index contributed by atoms with van der Waals surface area (Å²) in [5, 5.41) is 16.6. The molecule has 0 aromatic rings. The van der Waals surface area contributed by atoms with Crippen LogP contribution in [0.3, 0.4) is 0 Å². The molecular formula is C21H39N9O7S. The lowest BCUT2D eigenvalue weighted by Crippen LogP contribution is -2.57. The summed E-state index contributed by atoms with van der Waals surface area (Å²) >= 11 is 1.38. The zero-order valence-electron chi connectivity index (χ0n) is 21.3. The fourth-order valence-corrected chi connectivity index (χ4v) is 3.55. The Bertz CT molecular complexity index is 868. The first kappa shape index (κ1) is 34.4. The maximum absolute atomic E-state index is 13.0. The van der Waals surface area contributed by atoms with Gasteiger partial charge in [-0.15, -0.1) is 0 Å². The summed E-state index contributed by atoms with van der Waals surface area (Å²) in [4.78, 5) is 76.0. The van der Waals surface area contributed by atoms with Gasteiger partial charge in [-0.2, -0.15) is 11.8 Å². The minimum Gasteiger partial charge on any atom is -0.480 e. The highest BCUT2D eigenvalue weighted by molar-refractivity contribution is 7.98. The Kier molecular flexibility index (Phi) is 16.9. The lowest BCUT2D eigenvalue weighted by atomic mass is 10.1. The molecular weight excluding hydrogens is 522 g/mol. The average Bonchev–Trinajstić information content (AvgIpc) is 2.83. The van der Waals surface area contributed by atoms with Crippen LogP contribution in [0.15, 0.2) is 4.99 Å². The molecule has 0 spiro atoms. The van der Waals surface area contributed by atoms with Crippen molar-refractivity contribution in [2.75, 3.05) is 18.6 Å². The minimum absolute atomic E-state index is 0.103. The van der Waals surface area contributed by atoms with Gasteiger partial charge in [-0.25, -0.2) is 4.79 Å². The summed E-state index contributed by atoms with van der Waals surface area (Å²) in [5.41, 5.74) is 26.6. The molecule has 5 amide bonds. The van der Waals surface area contributed by atoms with Crippen molar-refractivity contribution in [1.29, 1.82) is 0 Å². The summed E-state index contributed by atoms with van der Waals surface area (Å²) in [6, 6.07) is -4.85. The first-order valence-electron chi connectivity index (χ1n) is 11.8. The molecule has 0 aliphatic carbocycles. The number of nitrogens with zero attached hydrogens (tertiary/aromatic N) is 1. The van der Waals surface area contributed by atoms with Gasteiger partial charge in [-0.05, 0) is 44.1 Å². The predicted molar refractivity (Wildman–Crippen MR) is 141 cm³/mol. The van der Waals surface area contributed by atoms with Crippen molar-refractivity contribution in [1.82, 2.24) is 16.0 Å². The van der Waals surface area contributed by atoms with E-state index in [0.29, 0.717) is 12.2 Å². The molecule has 0 fully saturated rings. The van der Waals surface area contributed by atoms with Gasteiger partial charge in [0.1, 0.15) is 18.1 Å². The highest BCUT2D eigenvalue weighted by Gasteiger charge is 2.30. The first-order valence-corrected chi connectivity index (χ1v) is 13.2. The number of carboxylic acid groups (broad SMARTS) is 1. The molecule has 4 atom stereocenters. The molecule has 216 valence electrons. The van der Waals surface area contributed by atoms with E-state index in [1.165, 1.54) is 11.8 Å². The van der Waals surface area contributed by atoms with Crippen molar-refractivity contribution >= 4 is 53.2 Å². The summed E-state index contributed by atoms with van der Waals surface area (Å²) in [6.07, 6.45) is 1.57. The lowest BCUT2D eigenvalue weighted by molar-refractivity contribution is -0.142. The summed E-state index contributed by atoms with van der Waals surface area (Å²) in [6.45, 7) is 0.248. The van der Waals surface area contributed by atoms with Gasteiger partial charge in [0, 0.05) is 19.4 Å². The second-order valence-corrected chi connectivity index (χ2v) is 9.35. The highest BCUT2D eigenvalue weighted by Crippen LogP contribution is 2.07. The number of carboxylic acids is 1. The SMILES string of the molecule is CSCCC(NC(=O)C(CCC(N)=O)NC(=O)C(N)CCCN=C(N)N)C(=O)NC(CCC(N)=O)C(=O)O. The van der Waals surface area contributed by atoms with E-state index >= 15 is 0 Å². The van der Waals surface area contributed by atoms with Crippen molar-refractivity contribution in [2.45, 2.75) is 69.1 Å². The molecule has 0 heterocycles. The molecule has 0 bridgehead atoms. The third-order valence-electron chi connectivity index (χ3n) is 5.15. The van der Waals surface area contributed by atoms with Crippen LogP contribution in [0.4, 0.5) is 0 Å². The Morgan fingerprint density at radius 2 is 1.24 bits per heavy atom. The summed E-state index contributed by atoms with van der Waals surface area (Å²) in [5.74, 6) is -4.78. The van der Waals surface area contributed by atoms with Gasteiger partial charge in [0.2, 0.25) is 29.5 Å². The number of carbonyl (C=O) groups is 6. The number of thioether (sulfide) groups is 1. The number of hydrogen-bond donors (Lipinski definition) is 9. The van der Waals surface area contributed by atoms with E-state index in [2.05, 4.69) is 20.9 Å². The van der Waals surface area contributed by atoms with E-state index < -0.39 is 59.7 Å². The third kappa shape index (κ3) is 15.5. The van der Waals surface area contributed by atoms with E-state index in [1.54, 1.807) is 6.26 Å². The van der Waals surface area contributed by atoms with Crippen LogP contribution in [0.1, 0.15) is 44.9 Å². The number of primary amides is 2. The van der Waals surface area contributed by atoms with Gasteiger partial charge in [-0.3, -0.25) is 29.0 Å². The van der Waals surface area contributed by atoms with Crippen molar-refractivity contribution < 1.29 is 33.9 Å². The number of nitrogens with two attached hydrogens (primary N) is 5. The maximum atomic E-state index is 13.0. The predicted octanol–water partition coefficient (Wildman–Crippen LogP) is -3.81. The van der Waals surface area contributed by atoms with Crippen LogP contribution in [0.5, 0.6) is 0 Å². The zero-order chi connectivity index (χ0) is 29.3. The Labute approximate surface area is 224 Å². The summed E-state index contributed by atoms with van der Waals surface area (Å²) < 4.78 is 0. The molecule has 16 nitrogen and oxygen atoms in total. The fraction of sp³-hybridized carbons (Fsp3) is 0.667. The van der Waals surface area contributed by atoms with Gasteiger partial charge >= 0.3 is 5.97 Å². The van der Waals surface area contributed by atoms with Crippen LogP contribution in [-0.2, 0) is 28.8 Å². The van der Waals surface area contributed by atoms with E-state index in [4.69, 9.17) is 28.7 Å². The van der Waals surface area contributed by atoms with Crippen molar-refractivity contribution in [3.05, 3.63) is 0 Å². The van der Waals surface area contributed by atoms with Gasteiger partial charge in [0.05, 0.1) is 6.04 Å². The Hall–Kier alpha value is -3.60. The lowest BCUT2D eigenvalue weighted by Gasteiger charge is -2.25. The first-order chi connectivity index (χ1) is 17.8. The molecule has 14 N–H and O–H groups in total. The van der Waals surface area contributed by atoms with E-state index in [9.17, 15) is 33.9 Å². The van der Waals surface area contributed by atoms with Crippen LogP contribution in [0.2, 0.25) is 0 Å². The van der Waals surface area contributed by atoms with E-state index in [0.717, 1.165) is 0 Å². The van der Waals surface area contributed by atoms with Crippen LogP contribution in [0, 0.1) is 0 Å². The fourth-order valence-electron chi connectivity index (χ4n) is 3.08. The van der Waals surface area contributed by atoms with E-state index in [-0.39, 0.29) is 51.0 Å². The zero-order valence-corrected chi connectivity index (χ0v) is 22.1. The Morgan fingerprint density at radius 3 is 1.71 bits per heavy atom. The van der Waals surface area contributed by atoms with Gasteiger partial charge < -0.3 is 49.7 Å². The number of aliphatic carboxylic acids is 1. The minimum atomic E-state index is -1.41. The van der Waals surface area contributed by atoms with Crippen LogP contribution < -0.4 is 44.6 Å². The molecule has 0 aromatic heterocycles. The number of aliphatic imine (C=N–C) groups is 1. The number of nitrogens with one attached hydrogen (secondary N) is 3. The molecule has 0 aromatic carbocycles. The Morgan fingerprint density at radius 1 is 0.763 bits per heavy atom. The molecule has 38 heavy (non-hydrogen) atoms. The van der Waals surface area contributed by atoms with Crippen molar-refractivity contribution in [2.24, 2.45) is 33.7 Å². The molecule has 4 unspecified atom stereocenters. The van der Waals surface area contributed by atoms with Gasteiger partial charge in [0.15, 0.2) is 5.96 Å². The maximum Gasteiger partial charge on any atom is 0.326 e. The Balaban J connectivity index is 5.47. The van der Waals surface area contributed by atoms with Crippen LogP contribution in [-0.4, -0.2) is 89.3 Å². The van der Waals surface area contributed by atoms with Crippen LogP contribution >= 0.6 is 11.8 Å². The summed E-state index contributed by atoms with van der Waals surface area (Å²) in [7, 11) is 0. The van der Waals surface area contributed by atoms with Crippen LogP contribution in [0.25, 0.3) is 0 Å². The second-order valence-electron chi connectivity index (χ2n) is 8.37. The van der Waals surface area contributed by atoms with Crippen molar-refractivity contribution in [3.8, 4) is 0 Å². The van der Waals surface area contributed by atoms with E-state index in [1.807, 2.05) is 0 Å². The molecule has 0 radical (unpaired) electrons. The molecule has 0 rings (SSSR count).